The van der Waals surface area contributed by atoms with E-state index in [1.165, 1.54) is 11.8 Å². The Kier molecular flexibility index (Phi) is 10.9. The van der Waals surface area contributed by atoms with Gasteiger partial charge in [0.2, 0.25) is 0 Å². The number of rotatable bonds is 7. The molecule has 0 spiro atoms. The molecule has 0 amide bonds. The molecular weight excluding hydrogens is 294 g/mol. The van der Waals surface area contributed by atoms with Gasteiger partial charge in [0.1, 0.15) is 5.76 Å². The smallest absolute Gasteiger partial charge is 0.129 e. The minimum absolute atomic E-state index is 0.810. The second-order valence-corrected chi connectivity index (χ2v) is 5.12. The monoisotopic (exact) mass is 325 g/mol. The molecule has 0 aliphatic carbocycles. The molecule has 0 atom stereocenters. The average molecular weight is 325 g/mol. The first-order chi connectivity index (χ1) is 11.6. The summed E-state index contributed by atoms with van der Waals surface area (Å²) in [7, 11) is 1.69. The summed E-state index contributed by atoms with van der Waals surface area (Å²) in [5, 5.41) is 7.23. The Morgan fingerprint density at radius 1 is 1.25 bits per heavy atom. The normalized spacial score (nSPS) is 12.6. The van der Waals surface area contributed by atoms with Gasteiger partial charge in [-0.1, -0.05) is 62.9 Å². The molecule has 0 unspecified atom stereocenters. The highest BCUT2D eigenvalue weighted by atomic mass is 16.5. The lowest BCUT2D eigenvalue weighted by atomic mass is 9.98. The number of allylic oxidation sites excluding steroid dienone is 6. The predicted molar refractivity (Wildman–Crippen MR) is 108 cm³/mol. The topological polar surface area (TPSA) is 33.1 Å². The molecule has 0 aliphatic heterocycles. The molecular formula is C22H31NO. The molecule has 130 valence electrons. The molecule has 0 radical (unpaired) electrons. The molecule has 2 nitrogen and oxygen atoms in total. The molecule has 2 heteroatoms. The van der Waals surface area contributed by atoms with Crippen LogP contribution in [0.4, 0.5) is 0 Å². The van der Waals surface area contributed by atoms with Gasteiger partial charge in [-0.05, 0) is 49.5 Å². The van der Waals surface area contributed by atoms with Crippen molar-refractivity contribution in [1.29, 1.82) is 5.41 Å². The highest BCUT2D eigenvalue weighted by Crippen LogP contribution is 2.26. The van der Waals surface area contributed by atoms with Gasteiger partial charge in [-0.15, -0.1) is 0 Å². The fraction of sp³-hybridized carbons (Fsp3) is 0.318. The molecule has 24 heavy (non-hydrogen) atoms. The summed E-state index contributed by atoms with van der Waals surface area (Å²) in [6.07, 6.45) is 8.10. The van der Waals surface area contributed by atoms with Crippen LogP contribution in [0.15, 0.2) is 66.0 Å². The first-order valence-corrected chi connectivity index (χ1v) is 8.37. The molecule has 1 rings (SSSR count). The Morgan fingerprint density at radius 2 is 1.92 bits per heavy atom. The van der Waals surface area contributed by atoms with Crippen molar-refractivity contribution in [2.24, 2.45) is 0 Å². The zero-order chi connectivity index (χ0) is 18.5. The van der Waals surface area contributed by atoms with Crippen LogP contribution in [-0.4, -0.2) is 13.3 Å². The maximum atomic E-state index is 7.23. The number of benzene rings is 1. The van der Waals surface area contributed by atoms with E-state index >= 15 is 0 Å². The van der Waals surface area contributed by atoms with Gasteiger partial charge in [0, 0.05) is 11.8 Å². The van der Waals surface area contributed by atoms with Crippen molar-refractivity contribution >= 4 is 11.8 Å². The van der Waals surface area contributed by atoms with Crippen LogP contribution in [0.25, 0.3) is 5.57 Å². The minimum Gasteiger partial charge on any atom is -0.496 e. The van der Waals surface area contributed by atoms with Crippen LogP contribution in [0.1, 0.15) is 45.7 Å². The van der Waals surface area contributed by atoms with Crippen molar-refractivity contribution in [2.45, 2.75) is 41.0 Å². The summed E-state index contributed by atoms with van der Waals surface area (Å²) < 4.78 is 5.56. The lowest BCUT2D eigenvalue weighted by Gasteiger charge is -2.13. The second kappa shape index (κ2) is 12.1. The van der Waals surface area contributed by atoms with Gasteiger partial charge in [-0.25, -0.2) is 0 Å². The van der Waals surface area contributed by atoms with Gasteiger partial charge in [0.25, 0.3) is 0 Å². The standard InChI is InChI=1S/C20H25NO.C2H6/c1-6-16(4)20(22-5)19(7-2)18-10-8-9-17(13-18)12-11-15(3)14-21;1-2/h6-11,13-14,21H,2,12H2,1,3-5H3;1-2H3/b15-11-,16-6-,20-19-,21-14?;. The maximum Gasteiger partial charge on any atom is 0.129 e. The Hall–Kier alpha value is -2.35. The van der Waals surface area contributed by atoms with Gasteiger partial charge in [0.05, 0.1) is 7.11 Å². The van der Waals surface area contributed by atoms with E-state index in [2.05, 4.69) is 30.9 Å². The number of hydrogen-bond donors (Lipinski definition) is 1. The molecule has 1 aromatic carbocycles. The third-order valence-corrected chi connectivity index (χ3v) is 3.57. The van der Waals surface area contributed by atoms with E-state index in [1.807, 2.05) is 52.8 Å². The van der Waals surface area contributed by atoms with Gasteiger partial charge in [-0.3, -0.25) is 0 Å². The molecule has 0 aromatic heterocycles. The van der Waals surface area contributed by atoms with E-state index in [4.69, 9.17) is 10.1 Å². The third kappa shape index (κ3) is 6.41. The van der Waals surface area contributed by atoms with Gasteiger partial charge < -0.3 is 10.1 Å². The molecule has 0 heterocycles. The fourth-order valence-electron chi connectivity index (χ4n) is 2.16. The molecule has 0 bridgehead atoms. The molecule has 0 saturated heterocycles. The summed E-state index contributed by atoms with van der Waals surface area (Å²) in [4.78, 5) is 0. The van der Waals surface area contributed by atoms with Crippen molar-refractivity contribution < 1.29 is 4.74 Å². The summed E-state index contributed by atoms with van der Waals surface area (Å²) in [6, 6.07) is 8.34. The lowest BCUT2D eigenvalue weighted by molar-refractivity contribution is 0.303. The fourth-order valence-corrected chi connectivity index (χ4v) is 2.16. The lowest BCUT2D eigenvalue weighted by Crippen LogP contribution is -1.96. The number of nitrogens with one attached hydrogen (secondary N) is 1. The minimum atomic E-state index is 0.810. The van der Waals surface area contributed by atoms with Crippen LogP contribution in [0.5, 0.6) is 0 Å². The first kappa shape index (κ1) is 21.7. The Bertz CT molecular complexity index is 633. The molecule has 0 fully saturated rings. The quantitative estimate of drug-likeness (QED) is 0.353. The van der Waals surface area contributed by atoms with Crippen LogP contribution in [0, 0.1) is 5.41 Å². The van der Waals surface area contributed by atoms with E-state index in [0.29, 0.717) is 0 Å². The van der Waals surface area contributed by atoms with E-state index < -0.39 is 0 Å². The largest absolute Gasteiger partial charge is 0.496 e. The van der Waals surface area contributed by atoms with Crippen molar-refractivity contribution in [1.82, 2.24) is 0 Å². The summed E-state index contributed by atoms with van der Waals surface area (Å²) >= 11 is 0. The predicted octanol–water partition coefficient (Wildman–Crippen LogP) is 6.36. The maximum absolute atomic E-state index is 7.23. The Balaban J connectivity index is 0.00000254. The second-order valence-electron chi connectivity index (χ2n) is 5.12. The van der Waals surface area contributed by atoms with Crippen LogP contribution in [0.2, 0.25) is 0 Å². The molecule has 0 saturated carbocycles. The van der Waals surface area contributed by atoms with Gasteiger partial charge in [-0.2, -0.15) is 0 Å². The van der Waals surface area contributed by atoms with Crippen molar-refractivity contribution in [2.75, 3.05) is 7.11 Å². The molecule has 1 N–H and O–H groups in total. The summed E-state index contributed by atoms with van der Waals surface area (Å²) in [5.74, 6) is 0.848. The average Bonchev–Trinajstić information content (AvgIpc) is 2.65. The summed E-state index contributed by atoms with van der Waals surface area (Å²) in [5.41, 5.74) is 5.33. The Labute approximate surface area is 147 Å². The highest BCUT2D eigenvalue weighted by molar-refractivity contribution is 5.78. The zero-order valence-electron chi connectivity index (χ0n) is 15.9. The molecule has 1 aromatic rings. The zero-order valence-corrected chi connectivity index (χ0v) is 15.9. The van der Waals surface area contributed by atoms with E-state index in [-0.39, 0.29) is 0 Å². The SMILES string of the molecule is C=C/C(=C(OC)\C(C)=C/C)c1cccc(C/C=C(/C)C=N)c1.CC. The highest BCUT2D eigenvalue weighted by Gasteiger charge is 2.09. The van der Waals surface area contributed by atoms with E-state index in [9.17, 15) is 0 Å². The number of ether oxygens (including phenoxy) is 1. The van der Waals surface area contributed by atoms with Crippen molar-refractivity contribution in [3.8, 4) is 0 Å². The molecule has 0 aliphatic rings. The number of methoxy groups -OCH3 is 1. The first-order valence-electron chi connectivity index (χ1n) is 8.37. The van der Waals surface area contributed by atoms with Gasteiger partial charge >= 0.3 is 0 Å². The van der Waals surface area contributed by atoms with Crippen molar-refractivity contribution in [3.63, 3.8) is 0 Å². The van der Waals surface area contributed by atoms with Crippen LogP contribution < -0.4 is 0 Å². The van der Waals surface area contributed by atoms with Gasteiger partial charge in [0.15, 0.2) is 0 Å². The summed E-state index contributed by atoms with van der Waals surface area (Å²) in [6.45, 7) is 13.9. The Morgan fingerprint density at radius 3 is 2.42 bits per heavy atom. The number of hydrogen-bond acceptors (Lipinski definition) is 2. The van der Waals surface area contributed by atoms with E-state index in [0.717, 1.165) is 34.5 Å². The van der Waals surface area contributed by atoms with E-state index in [1.54, 1.807) is 7.11 Å². The third-order valence-electron chi connectivity index (χ3n) is 3.57. The van der Waals surface area contributed by atoms with Crippen LogP contribution in [0.3, 0.4) is 0 Å². The van der Waals surface area contributed by atoms with Crippen LogP contribution >= 0.6 is 0 Å². The van der Waals surface area contributed by atoms with Crippen molar-refractivity contribution in [3.05, 3.63) is 77.1 Å². The van der Waals surface area contributed by atoms with Crippen LogP contribution in [-0.2, 0) is 11.2 Å².